The van der Waals surface area contributed by atoms with E-state index in [2.05, 4.69) is 50.8 Å². The summed E-state index contributed by atoms with van der Waals surface area (Å²) in [7, 11) is 0. The Kier molecular flexibility index (Phi) is 6.72. The van der Waals surface area contributed by atoms with Gasteiger partial charge in [-0.25, -0.2) is 0 Å². The summed E-state index contributed by atoms with van der Waals surface area (Å²) in [5, 5.41) is 0. The Morgan fingerprint density at radius 3 is 2.32 bits per heavy atom. The Morgan fingerprint density at radius 1 is 1.00 bits per heavy atom. The van der Waals surface area contributed by atoms with Crippen molar-refractivity contribution < 1.29 is 4.79 Å². The van der Waals surface area contributed by atoms with Crippen LogP contribution in [-0.4, -0.2) is 18.4 Å². The number of benzene rings is 2. The van der Waals surface area contributed by atoms with Gasteiger partial charge in [0.05, 0.1) is 0 Å². The van der Waals surface area contributed by atoms with Crippen LogP contribution in [0.5, 0.6) is 0 Å². The monoisotopic (exact) mass is 375 g/mol. The number of carbonyl (C=O) groups excluding carboxylic acids is 1. The lowest BCUT2D eigenvalue weighted by Gasteiger charge is -2.30. The molecule has 0 aliphatic carbocycles. The predicted octanol–water partition coefficient (Wildman–Crippen LogP) is 6.58. The zero-order valence-corrected chi connectivity index (χ0v) is 17.8. The molecule has 0 amide bonds. The quantitative estimate of drug-likeness (QED) is 0.384. The number of hydrogen-bond acceptors (Lipinski definition) is 2. The van der Waals surface area contributed by atoms with Gasteiger partial charge in [-0.1, -0.05) is 86.7 Å². The summed E-state index contributed by atoms with van der Waals surface area (Å²) in [6, 6.07) is 14.5. The Bertz CT molecular complexity index is 827. The Hall–Kier alpha value is -2.35. The maximum atomic E-state index is 13.1. The maximum Gasteiger partial charge on any atom is 0.190 e. The van der Waals surface area contributed by atoms with Crippen LogP contribution in [0.3, 0.4) is 0 Å². The molecule has 0 aromatic heterocycles. The van der Waals surface area contributed by atoms with Crippen molar-refractivity contribution in [2.75, 3.05) is 11.4 Å². The van der Waals surface area contributed by atoms with E-state index < -0.39 is 0 Å². The SMILES string of the molecule is CCCCCCC1C=C(C(=O)c2ccccc2)CN1c1c(C)cc(C)cc1C. The molecular weight excluding hydrogens is 342 g/mol. The lowest BCUT2D eigenvalue weighted by Crippen LogP contribution is -2.32. The molecule has 0 saturated heterocycles. The van der Waals surface area contributed by atoms with E-state index in [9.17, 15) is 4.79 Å². The highest BCUT2D eigenvalue weighted by molar-refractivity contribution is 6.10. The minimum atomic E-state index is 0.170. The van der Waals surface area contributed by atoms with Gasteiger partial charge in [-0.2, -0.15) is 0 Å². The topological polar surface area (TPSA) is 20.3 Å². The molecule has 0 saturated carbocycles. The molecule has 2 aromatic carbocycles. The van der Waals surface area contributed by atoms with Crippen LogP contribution in [0.4, 0.5) is 5.69 Å². The largest absolute Gasteiger partial charge is 0.360 e. The average molecular weight is 376 g/mol. The van der Waals surface area contributed by atoms with E-state index in [0.29, 0.717) is 12.6 Å². The van der Waals surface area contributed by atoms with Crippen LogP contribution in [0.15, 0.2) is 54.1 Å². The third-order valence-electron chi connectivity index (χ3n) is 5.74. The van der Waals surface area contributed by atoms with Crippen molar-refractivity contribution in [2.24, 2.45) is 0 Å². The summed E-state index contributed by atoms with van der Waals surface area (Å²) in [5.41, 5.74) is 6.93. The first-order valence-corrected chi connectivity index (χ1v) is 10.7. The van der Waals surface area contributed by atoms with E-state index in [1.807, 2.05) is 30.3 Å². The molecule has 0 bridgehead atoms. The number of rotatable bonds is 8. The fraction of sp³-hybridized carbons (Fsp3) is 0.423. The van der Waals surface area contributed by atoms with E-state index in [1.54, 1.807) is 0 Å². The first kappa shape index (κ1) is 20.4. The molecule has 2 heteroatoms. The molecule has 1 atom stereocenters. The summed E-state index contributed by atoms with van der Waals surface area (Å²) in [6.45, 7) is 9.49. The van der Waals surface area contributed by atoms with E-state index in [0.717, 1.165) is 17.6 Å². The molecule has 3 rings (SSSR count). The first-order valence-electron chi connectivity index (χ1n) is 10.7. The zero-order valence-electron chi connectivity index (χ0n) is 17.8. The van der Waals surface area contributed by atoms with E-state index >= 15 is 0 Å². The summed E-state index contributed by atoms with van der Waals surface area (Å²) in [5.74, 6) is 0.170. The van der Waals surface area contributed by atoms with Gasteiger partial charge in [-0.3, -0.25) is 4.79 Å². The van der Waals surface area contributed by atoms with Gasteiger partial charge in [-0.05, 0) is 38.3 Å². The third kappa shape index (κ3) is 4.55. The van der Waals surface area contributed by atoms with E-state index in [-0.39, 0.29) is 5.78 Å². The Balaban J connectivity index is 1.88. The minimum absolute atomic E-state index is 0.170. The van der Waals surface area contributed by atoms with Crippen molar-refractivity contribution in [1.29, 1.82) is 0 Å². The smallest absolute Gasteiger partial charge is 0.190 e. The Labute approximate surface area is 170 Å². The molecule has 28 heavy (non-hydrogen) atoms. The van der Waals surface area contributed by atoms with E-state index in [1.165, 1.54) is 48.1 Å². The first-order chi connectivity index (χ1) is 13.5. The van der Waals surface area contributed by atoms with Crippen molar-refractivity contribution in [3.05, 3.63) is 76.4 Å². The summed E-state index contributed by atoms with van der Waals surface area (Å²) in [4.78, 5) is 15.5. The summed E-state index contributed by atoms with van der Waals surface area (Å²) < 4.78 is 0. The molecule has 2 nitrogen and oxygen atoms in total. The van der Waals surface area contributed by atoms with Gasteiger partial charge >= 0.3 is 0 Å². The number of nitrogens with zero attached hydrogens (tertiary/aromatic N) is 1. The second kappa shape index (κ2) is 9.23. The average Bonchev–Trinajstić information content (AvgIpc) is 3.08. The third-order valence-corrected chi connectivity index (χ3v) is 5.74. The second-order valence-corrected chi connectivity index (χ2v) is 8.18. The van der Waals surface area contributed by atoms with Gasteiger partial charge in [0.1, 0.15) is 0 Å². The lowest BCUT2D eigenvalue weighted by atomic mass is 10.0. The molecular formula is C26H33NO. The van der Waals surface area contributed by atoms with Crippen LogP contribution >= 0.6 is 0 Å². The van der Waals surface area contributed by atoms with Crippen molar-refractivity contribution in [2.45, 2.75) is 65.8 Å². The van der Waals surface area contributed by atoms with Crippen LogP contribution in [0.2, 0.25) is 0 Å². The second-order valence-electron chi connectivity index (χ2n) is 8.18. The highest BCUT2D eigenvalue weighted by Crippen LogP contribution is 2.34. The Morgan fingerprint density at radius 2 is 1.68 bits per heavy atom. The minimum Gasteiger partial charge on any atom is -0.360 e. The molecule has 1 unspecified atom stereocenters. The molecule has 0 N–H and O–H groups in total. The highest BCUT2D eigenvalue weighted by Gasteiger charge is 2.30. The van der Waals surface area contributed by atoms with Gasteiger partial charge in [-0.15, -0.1) is 0 Å². The van der Waals surface area contributed by atoms with Gasteiger partial charge in [0.15, 0.2) is 5.78 Å². The van der Waals surface area contributed by atoms with Crippen LogP contribution in [0, 0.1) is 20.8 Å². The van der Waals surface area contributed by atoms with Crippen LogP contribution in [0.25, 0.3) is 0 Å². The molecule has 2 aromatic rings. The van der Waals surface area contributed by atoms with Gasteiger partial charge in [0.25, 0.3) is 0 Å². The van der Waals surface area contributed by atoms with Gasteiger partial charge in [0, 0.05) is 29.4 Å². The van der Waals surface area contributed by atoms with Crippen molar-refractivity contribution in [3.8, 4) is 0 Å². The van der Waals surface area contributed by atoms with Crippen LogP contribution in [0.1, 0.15) is 66.1 Å². The molecule has 1 aliphatic rings. The number of hydrogen-bond donors (Lipinski definition) is 0. The molecule has 0 spiro atoms. The number of Topliss-reactive ketones (excluding diaryl/α,β-unsaturated/α-hetero) is 1. The highest BCUT2D eigenvalue weighted by atomic mass is 16.1. The molecule has 0 fully saturated rings. The van der Waals surface area contributed by atoms with Crippen LogP contribution < -0.4 is 4.90 Å². The fourth-order valence-electron chi connectivity index (χ4n) is 4.49. The molecule has 0 radical (unpaired) electrons. The predicted molar refractivity (Wildman–Crippen MR) is 119 cm³/mol. The van der Waals surface area contributed by atoms with Crippen LogP contribution in [-0.2, 0) is 0 Å². The van der Waals surface area contributed by atoms with Crippen molar-refractivity contribution in [3.63, 3.8) is 0 Å². The maximum absolute atomic E-state index is 13.1. The zero-order chi connectivity index (χ0) is 20.1. The van der Waals surface area contributed by atoms with Crippen molar-refractivity contribution in [1.82, 2.24) is 0 Å². The number of unbranched alkanes of at least 4 members (excludes halogenated alkanes) is 3. The van der Waals surface area contributed by atoms with Gasteiger partial charge < -0.3 is 4.90 Å². The van der Waals surface area contributed by atoms with E-state index in [4.69, 9.17) is 0 Å². The summed E-state index contributed by atoms with van der Waals surface area (Å²) in [6.07, 6.45) is 8.36. The van der Waals surface area contributed by atoms with Gasteiger partial charge in [0.2, 0.25) is 0 Å². The summed E-state index contributed by atoms with van der Waals surface area (Å²) >= 11 is 0. The molecule has 148 valence electrons. The number of carbonyl (C=O) groups is 1. The molecule has 1 heterocycles. The lowest BCUT2D eigenvalue weighted by molar-refractivity contribution is 0.103. The molecule has 1 aliphatic heterocycles. The number of aryl methyl sites for hydroxylation is 3. The number of anilines is 1. The fourth-order valence-corrected chi connectivity index (χ4v) is 4.49. The number of ketones is 1. The standard InChI is InChI=1S/C26H33NO/c1-5-6-7-11-14-24-17-23(26(28)22-12-9-8-10-13-22)18-27(24)25-20(3)15-19(2)16-21(25)4/h8-10,12-13,15-17,24H,5-7,11,14,18H2,1-4H3. The van der Waals surface area contributed by atoms with Crippen molar-refractivity contribution >= 4 is 11.5 Å². The normalized spacial score (nSPS) is 16.4.